The van der Waals surface area contributed by atoms with Crippen LogP contribution in [-0.4, -0.2) is 47.6 Å². The number of amides is 3. The fourth-order valence-electron chi connectivity index (χ4n) is 5.47. The van der Waals surface area contributed by atoms with Gasteiger partial charge in [0, 0.05) is 37.4 Å². The summed E-state index contributed by atoms with van der Waals surface area (Å²) in [4.78, 5) is 33.2. The van der Waals surface area contributed by atoms with Crippen LogP contribution in [0.5, 0.6) is 5.88 Å². The van der Waals surface area contributed by atoms with Crippen molar-refractivity contribution in [2.45, 2.75) is 71.9 Å². The molecule has 4 rings (SSSR count). The molecule has 0 atom stereocenters. The standard InChI is InChI=1S/C27H34F2N4O3/c1-17(2)21-7-5-6-8-23(21)33(20-15-27(16-20)11-13-32(14-12-27)19(4)34)26(35)31-22-10-9-18(3)30-24(22)36-25(28)29/h5-10,17,20,25H,11-16H2,1-4H3,(H,31,35). The van der Waals surface area contributed by atoms with Crippen molar-refractivity contribution in [1.82, 2.24) is 9.88 Å². The summed E-state index contributed by atoms with van der Waals surface area (Å²) >= 11 is 0. The molecule has 2 fully saturated rings. The lowest BCUT2D eigenvalue weighted by Crippen LogP contribution is -2.58. The van der Waals surface area contributed by atoms with Crippen molar-refractivity contribution in [3.63, 3.8) is 0 Å². The van der Waals surface area contributed by atoms with Gasteiger partial charge < -0.3 is 15.0 Å². The first-order valence-corrected chi connectivity index (χ1v) is 12.5. The number of benzene rings is 1. The largest absolute Gasteiger partial charge is 0.415 e. The zero-order valence-electron chi connectivity index (χ0n) is 21.3. The van der Waals surface area contributed by atoms with Crippen LogP contribution in [0.4, 0.5) is 25.0 Å². The highest BCUT2D eigenvalue weighted by molar-refractivity contribution is 6.03. The molecule has 1 aliphatic heterocycles. The highest BCUT2D eigenvalue weighted by Crippen LogP contribution is 2.52. The van der Waals surface area contributed by atoms with Gasteiger partial charge >= 0.3 is 12.6 Å². The molecule has 1 saturated carbocycles. The van der Waals surface area contributed by atoms with E-state index in [1.54, 1.807) is 24.8 Å². The topological polar surface area (TPSA) is 74.8 Å². The van der Waals surface area contributed by atoms with E-state index in [0.29, 0.717) is 5.69 Å². The number of piperidine rings is 1. The number of hydrogen-bond acceptors (Lipinski definition) is 4. The first-order chi connectivity index (χ1) is 17.1. The maximum atomic E-state index is 13.7. The van der Waals surface area contributed by atoms with E-state index in [4.69, 9.17) is 0 Å². The maximum absolute atomic E-state index is 13.7. The summed E-state index contributed by atoms with van der Waals surface area (Å²) in [6.07, 6.45) is 3.48. The molecule has 0 bridgehead atoms. The summed E-state index contributed by atoms with van der Waals surface area (Å²) in [5.74, 6) is -0.0265. The van der Waals surface area contributed by atoms with Crippen LogP contribution < -0.4 is 15.0 Å². The van der Waals surface area contributed by atoms with Crippen LogP contribution in [0.1, 0.15) is 63.6 Å². The maximum Gasteiger partial charge on any atom is 0.388 e. The van der Waals surface area contributed by atoms with E-state index in [9.17, 15) is 18.4 Å². The molecule has 2 aromatic rings. The number of nitrogens with one attached hydrogen (secondary N) is 1. The van der Waals surface area contributed by atoms with Gasteiger partial charge in [-0.25, -0.2) is 9.78 Å². The number of ether oxygens (including phenoxy) is 1. The Morgan fingerprint density at radius 3 is 2.42 bits per heavy atom. The molecule has 1 aliphatic carbocycles. The third-order valence-electron chi connectivity index (χ3n) is 7.45. The van der Waals surface area contributed by atoms with E-state index < -0.39 is 12.6 Å². The van der Waals surface area contributed by atoms with Gasteiger partial charge in [-0.3, -0.25) is 9.69 Å². The molecule has 1 spiro atoms. The Labute approximate surface area is 210 Å². The van der Waals surface area contributed by atoms with Gasteiger partial charge in [0.15, 0.2) is 0 Å². The van der Waals surface area contributed by atoms with Crippen molar-refractivity contribution in [2.75, 3.05) is 23.3 Å². The van der Waals surface area contributed by atoms with Gasteiger partial charge in [-0.15, -0.1) is 0 Å². The van der Waals surface area contributed by atoms with E-state index in [0.717, 1.165) is 50.0 Å². The highest BCUT2D eigenvalue weighted by atomic mass is 19.3. The van der Waals surface area contributed by atoms with Gasteiger partial charge in [-0.05, 0) is 67.7 Å². The Kier molecular flexibility index (Phi) is 7.47. The Morgan fingerprint density at radius 1 is 1.14 bits per heavy atom. The summed E-state index contributed by atoms with van der Waals surface area (Å²) in [6.45, 7) is 5.84. The third kappa shape index (κ3) is 5.44. The zero-order valence-corrected chi connectivity index (χ0v) is 21.3. The average molecular weight is 501 g/mol. The molecule has 0 radical (unpaired) electrons. The smallest absolute Gasteiger partial charge is 0.388 e. The number of aryl methyl sites for hydroxylation is 1. The number of carbonyl (C=O) groups excluding carboxylic acids is 2. The highest BCUT2D eigenvalue weighted by Gasteiger charge is 2.49. The van der Waals surface area contributed by atoms with Crippen molar-refractivity contribution in [1.29, 1.82) is 0 Å². The quantitative estimate of drug-likeness (QED) is 0.532. The number of halogens is 2. The van der Waals surface area contributed by atoms with E-state index in [1.165, 1.54) is 6.07 Å². The summed E-state index contributed by atoms with van der Waals surface area (Å²) in [5.41, 5.74) is 2.55. The third-order valence-corrected chi connectivity index (χ3v) is 7.45. The Hall–Kier alpha value is -3.23. The molecular weight excluding hydrogens is 466 g/mol. The van der Waals surface area contributed by atoms with Gasteiger partial charge in [-0.2, -0.15) is 8.78 Å². The number of likely N-dealkylation sites (tertiary alicyclic amines) is 1. The van der Waals surface area contributed by atoms with Gasteiger partial charge in [-0.1, -0.05) is 32.0 Å². The minimum absolute atomic E-state index is 0.0494. The number of carbonyl (C=O) groups is 2. The Bertz CT molecular complexity index is 1110. The number of aromatic nitrogens is 1. The van der Waals surface area contributed by atoms with Crippen LogP contribution >= 0.6 is 0 Å². The summed E-state index contributed by atoms with van der Waals surface area (Å²) in [7, 11) is 0. The fraction of sp³-hybridized carbons (Fsp3) is 0.519. The zero-order chi connectivity index (χ0) is 26.0. The minimum Gasteiger partial charge on any atom is -0.415 e. The summed E-state index contributed by atoms with van der Waals surface area (Å²) < 4.78 is 30.6. The number of rotatable bonds is 6. The van der Waals surface area contributed by atoms with Crippen LogP contribution in [0.2, 0.25) is 0 Å². The van der Waals surface area contributed by atoms with Crippen LogP contribution in [0, 0.1) is 12.3 Å². The molecule has 1 N–H and O–H groups in total. The molecule has 0 unspecified atom stereocenters. The molecule has 2 aliphatic rings. The Morgan fingerprint density at radius 2 is 1.81 bits per heavy atom. The lowest BCUT2D eigenvalue weighted by atomic mass is 9.60. The van der Waals surface area contributed by atoms with Crippen LogP contribution in [0.3, 0.4) is 0 Å². The first kappa shape index (κ1) is 25.9. The van der Waals surface area contributed by atoms with Crippen LogP contribution in [0.15, 0.2) is 36.4 Å². The van der Waals surface area contributed by atoms with Crippen molar-refractivity contribution < 1.29 is 23.1 Å². The predicted molar refractivity (Wildman–Crippen MR) is 135 cm³/mol. The van der Waals surface area contributed by atoms with E-state index in [1.807, 2.05) is 29.2 Å². The number of hydrogen-bond donors (Lipinski definition) is 1. The monoisotopic (exact) mass is 500 g/mol. The summed E-state index contributed by atoms with van der Waals surface area (Å²) in [6, 6.07) is 10.5. The van der Waals surface area contributed by atoms with E-state index in [2.05, 4.69) is 28.9 Å². The second-order valence-electron chi connectivity index (χ2n) is 10.3. The van der Waals surface area contributed by atoms with Gasteiger partial charge in [0.05, 0.1) is 0 Å². The molecule has 3 amide bonds. The molecule has 194 valence electrons. The molecule has 36 heavy (non-hydrogen) atoms. The van der Waals surface area contributed by atoms with Gasteiger partial charge in [0.1, 0.15) is 5.69 Å². The molecular formula is C27H34F2N4O3. The number of urea groups is 1. The van der Waals surface area contributed by atoms with Crippen LogP contribution in [0.25, 0.3) is 0 Å². The SMILES string of the molecule is CC(=O)N1CCC2(CC1)CC(N(C(=O)Nc1ccc(C)nc1OC(F)F)c1ccccc1C(C)C)C2. The summed E-state index contributed by atoms with van der Waals surface area (Å²) in [5, 5.41) is 2.78. The number of alkyl halides is 2. The van der Waals surface area contributed by atoms with E-state index >= 15 is 0 Å². The lowest BCUT2D eigenvalue weighted by molar-refractivity contribution is -0.132. The van der Waals surface area contributed by atoms with Crippen molar-refractivity contribution in [3.8, 4) is 5.88 Å². The van der Waals surface area contributed by atoms with Gasteiger partial charge in [0.2, 0.25) is 11.8 Å². The first-order valence-electron chi connectivity index (χ1n) is 12.5. The van der Waals surface area contributed by atoms with Crippen LogP contribution in [-0.2, 0) is 4.79 Å². The van der Waals surface area contributed by atoms with E-state index in [-0.39, 0.29) is 34.8 Å². The van der Waals surface area contributed by atoms with Crippen molar-refractivity contribution >= 4 is 23.3 Å². The number of para-hydroxylation sites is 1. The average Bonchev–Trinajstić information content (AvgIpc) is 2.80. The number of nitrogens with zero attached hydrogens (tertiary/aromatic N) is 3. The van der Waals surface area contributed by atoms with Crippen molar-refractivity contribution in [2.24, 2.45) is 5.41 Å². The minimum atomic E-state index is -3.06. The molecule has 2 heterocycles. The second kappa shape index (κ2) is 10.4. The molecule has 7 nitrogen and oxygen atoms in total. The fourth-order valence-corrected chi connectivity index (χ4v) is 5.47. The second-order valence-corrected chi connectivity index (χ2v) is 10.3. The predicted octanol–water partition coefficient (Wildman–Crippen LogP) is 5.94. The van der Waals surface area contributed by atoms with Crippen molar-refractivity contribution in [3.05, 3.63) is 47.7 Å². The number of anilines is 2. The molecule has 1 aromatic heterocycles. The molecule has 1 saturated heterocycles. The van der Waals surface area contributed by atoms with Gasteiger partial charge in [0.25, 0.3) is 0 Å². The normalized spacial score (nSPS) is 17.3. The molecule has 1 aromatic carbocycles. The molecule has 9 heteroatoms. The lowest BCUT2D eigenvalue weighted by Gasteiger charge is -2.55. The number of pyridine rings is 1. The Balaban J connectivity index is 1.60.